The Kier molecular flexibility index (Phi) is 4.68. The van der Waals surface area contributed by atoms with Crippen molar-refractivity contribution >= 4 is 11.8 Å². The number of nitrogens with one attached hydrogen (secondary N) is 1. The van der Waals surface area contributed by atoms with Gasteiger partial charge < -0.3 is 10.1 Å². The third-order valence-corrected chi connectivity index (χ3v) is 2.83. The summed E-state index contributed by atoms with van der Waals surface area (Å²) >= 11 is 1.46. The molecule has 5 heteroatoms. The van der Waals surface area contributed by atoms with Gasteiger partial charge in [0.15, 0.2) is 5.16 Å². The van der Waals surface area contributed by atoms with Gasteiger partial charge in [0.2, 0.25) is 5.88 Å². The van der Waals surface area contributed by atoms with Crippen LogP contribution in [0.4, 0.5) is 0 Å². The van der Waals surface area contributed by atoms with E-state index in [2.05, 4.69) is 23.8 Å². The molecular weight excluding hydrogens is 212 g/mol. The molecule has 0 fully saturated rings. The highest BCUT2D eigenvalue weighted by atomic mass is 32.2. The van der Waals surface area contributed by atoms with Crippen LogP contribution >= 0.6 is 11.8 Å². The Bertz CT molecular complexity index is 363. The lowest BCUT2D eigenvalue weighted by atomic mass is 10.1. The van der Waals surface area contributed by atoms with Gasteiger partial charge in [-0.3, -0.25) is 4.79 Å². The van der Waals surface area contributed by atoms with Crippen molar-refractivity contribution in [2.75, 3.05) is 5.75 Å². The van der Waals surface area contributed by atoms with E-state index in [0.29, 0.717) is 11.1 Å². The molecule has 0 aliphatic carbocycles. The zero-order chi connectivity index (χ0) is 11.3. The van der Waals surface area contributed by atoms with Crippen LogP contribution in [0.25, 0.3) is 0 Å². The maximum atomic E-state index is 11.0. The molecule has 0 aromatic carbocycles. The molecule has 2 N–H and O–H groups in total. The van der Waals surface area contributed by atoms with Gasteiger partial charge in [0.25, 0.3) is 5.56 Å². The minimum absolute atomic E-state index is 0.217. The zero-order valence-corrected chi connectivity index (χ0v) is 9.80. The fourth-order valence-corrected chi connectivity index (χ4v) is 1.99. The molecule has 1 heterocycles. The van der Waals surface area contributed by atoms with Crippen molar-refractivity contribution < 1.29 is 5.11 Å². The standard InChI is InChI=1S/C10H16N2O2S/c1-7(2)4-3-5-15-10-11-8(13)6-9(14)12-10/h6-7H,3-5H2,1-2H3,(H2,11,12,13,14). The number of rotatable bonds is 5. The highest BCUT2D eigenvalue weighted by Crippen LogP contribution is 2.16. The topological polar surface area (TPSA) is 66.0 Å². The first-order valence-electron chi connectivity index (χ1n) is 5.01. The average molecular weight is 228 g/mol. The highest BCUT2D eigenvalue weighted by molar-refractivity contribution is 7.99. The second-order valence-electron chi connectivity index (χ2n) is 3.79. The molecular formula is C10H16N2O2S. The van der Waals surface area contributed by atoms with Crippen molar-refractivity contribution in [1.29, 1.82) is 0 Å². The van der Waals surface area contributed by atoms with E-state index in [1.165, 1.54) is 11.8 Å². The minimum Gasteiger partial charge on any atom is -0.493 e. The van der Waals surface area contributed by atoms with Gasteiger partial charge in [-0.05, 0) is 12.3 Å². The first-order chi connectivity index (χ1) is 7.08. The predicted molar refractivity (Wildman–Crippen MR) is 61.3 cm³/mol. The maximum Gasteiger partial charge on any atom is 0.255 e. The van der Waals surface area contributed by atoms with Crippen LogP contribution in [-0.4, -0.2) is 20.8 Å². The first-order valence-corrected chi connectivity index (χ1v) is 5.99. The SMILES string of the molecule is CC(C)CCCSc1nc(O)cc(=O)[nH]1. The van der Waals surface area contributed by atoms with Crippen LogP contribution in [0.15, 0.2) is 16.0 Å². The largest absolute Gasteiger partial charge is 0.493 e. The van der Waals surface area contributed by atoms with Gasteiger partial charge in [-0.2, -0.15) is 4.98 Å². The summed E-state index contributed by atoms with van der Waals surface area (Å²) in [6, 6.07) is 1.07. The number of aromatic amines is 1. The Morgan fingerprint density at radius 3 is 2.93 bits per heavy atom. The van der Waals surface area contributed by atoms with E-state index < -0.39 is 0 Å². The molecule has 0 bridgehead atoms. The number of aromatic nitrogens is 2. The molecule has 1 rings (SSSR count). The molecule has 0 amide bonds. The number of hydrogen-bond acceptors (Lipinski definition) is 4. The summed E-state index contributed by atoms with van der Waals surface area (Å²) in [5.41, 5.74) is -0.311. The lowest BCUT2D eigenvalue weighted by Gasteiger charge is -2.03. The van der Waals surface area contributed by atoms with Crippen molar-refractivity contribution in [3.8, 4) is 5.88 Å². The molecule has 0 spiro atoms. The van der Waals surface area contributed by atoms with E-state index in [4.69, 9.17) is 5.11 Å². The molecule has 84 valence electrons. The molecule has 0 radical (unpaired) electrons. The summed E-state index contributed by atoms with van der Waals surface area (Å²) in [4.78, 5) is 17.4. The van der Waals surface area contributed by atoms with Crippen LogP contribution in [0.1, 0.15) is 26.7 Å². The fraction of sp³-hybridized carbons (Fsp3) is 0.600. The highest BCUT2D eigenvalue weighted by Gasteiger charge is 2.01. The predicted octanol–water partition coefficient (Wildman–Crippen LogP) is 2.00. The van der Waals surface area contributed by atoms with Crippen molar-refractivity contribution in [1.82, 2.24) is 9.97 Å². The molecule has 15 heavy (non-hydrogen) atoms. The molecule has 1 aromatic rings. The van der Waals surface area contributed by atoms with E-state index >= 15 is 0 Å². The summed E-state index contributed by atoms with van der Waals surface area (Å²) < 4.78 is 0. The van der Waals surface area contributed by atoms with Gasteiger partial charge in [-0.1, -0.05) is 32.0 Å². The van der Waals surface area contributed by atoms with E-state index in [-0.39, 0.29) is 11.4 Å². The van der Waals surface area contributed by atoms with E-state index in [0.717, 1.165) is 24.7 Å². The Labute approximate surface area is 93.1 Å². The first kappa shape index (κ1) is 12.1. The number of nitrogens with zero attached hydrogens (tertiary/aromatic N) is 1. The number of H-pyrrole nitrogens is 1. The van der Waals surface area contributed by atoms with Gasteiger partial charge >= 0.3 is 0 Å². The maximum absolute atomic E-state index is 11.0. The van der Waals surface area contributed by atoms with E-state index in [1.54, 1.807) is 0 Å². The van der Waals surface area contributed by atoms with Crippen LogP contribution in [0.2, 0.25) is 0 Å². The normalized spacial score (nSPS) is 10.9. The number of thioether (sulfide) groups is 1. The lowest BCUT2D eigenvalue weighted by molar-refractivity contribution is 0.444. The Morgan fingerprint density at radius 1 is 1.60 bits per heavy atom. The molecule has 4 nitrogen and oxygen atoms in total. The van der Waals surface area contributed by atoms with Crippen molar-refractivity contribution in [3.05, 3.63) is 16.4 Å². The molecule has 0 aliphatic heterocycles. The quantitative estimate of drug-likeness (QED) is 0.459. The molecule has 0 saturated heterocycles. The van der Waals surface area contributed by atoms with E-state index in [1.807, 2.05) is 0 Å². The monoisotopic (exact) mass is 228 g/mol. The van der Waals surface area contributed by atoms with Crippen LogP contribution in [0, 0.1) is 5.92 Å². The zero-order valence-electron chi connectivity index (χ0n) is 8.99. The van der Waals surface area contributed by atoms with E-state index in [9.17, 15) is 4.79 Å². The van der Waals surface area contributed by atoms with Crippen LogP contribution in [0.3, 0.4) is 0 Å². The van der Waals surface area contributed by atoms with Crippen LogP contribution in [0.5, 0.6) is 5.88 Å². The number of aromatic hydroxyl groups is 1. The summed E-state index contributed by atoms with van der Waals surface area (Å²) in [5.74, 6) is 1.39. The second kappa shape index (κ2) is 5.80. The van der Waals surface area contributed by atoms with Crippen molar-refractivity contribution in [2.45, 2.75) is 31.8 Å². The van der Waals surface area contributed by atoms with Crippen LogP contribution in [-0.2, 0) is 0 Å². The fourth-order valence-electron chi connectivity index (χ4n) is 1.15. The van der Waals surface area contributed by atoms with Gasteiger partial charge in [-0.25, -0.2) is 0 Å². The summed E-state index contributed by atoms with van der Waals surface area (Å²) in [6.07, 6.45) is 2.25. The summed E-state index contributed by atoms with van der Waals surface area (Å²) in [6.45, 7) is 4.36. The number of hydrogen-bond donors (Lipinski definition) is 2. The Morgan fingerprint density at radius 2 is 2.33 bits per heavy atom. The molecule has 0 saturated carbocycles. The van der Waals surface area contributed by atoms with Gasteiger partial charge in [0.1, 0.15) is 0 Å². The summed E-state index contributed by atoms with van der Waals surface area (Å²) in [7, 11) is 0. The van der Waals surface area contributed by atoms with Crippen LogP contribution < -0.4 is 5.56 Å². The van der Waals surface area contributed by atoms with Gasteiger partial charge in [-0.15, -0.1) is 0 Å². The van der Waals surface area contributed by atoms with Crippen molar-refractivity contribution in [3.63, 3.8) is 0 Å². The summed E-state index contributed by atoms with van der Waals surface area (Å²) in [5, 5.41) is 9.58. The molecule has 1 aromatic heterocycles. The Hall–Kier alpha value is -0.970. The molecule has 0 aliphatic rings. The molecule has 0 unspecified atom stereocenters. The van der Waals surface area contributed by atoms with Gasteiger partial charge in [0, 0.05) is 5.75 Å². The third kappa shape index (κ3) is 4.88. The smallest absolute Gasteiger partial charge is 0.255 e. The van der Waals surface area contributed by atoms with Crippen molar-refractivity contribution in [2.24, 2.45) is 5.92 Å². The Balaban J connectivity index is 2.40. The molecule has 0 atom stereocenters. The average Bonchev–Trinajstić information content (AvgIpc) is 2.10. The second-order valence-corrected chi connectivity index (χ2v) is 4.88. The minimum atomic E-state index is -0.311. The lowest BCUT2D eigenvalue weighted by Crippen LogP contribution is -2.06. The third-order valence-electron chi connectivity index (χ3n) is 1.87. The van der Waals surface area contributed by atoms with Gasteiger partial charge in [0.05, 0.1) is 6.07 Å².